The second-order valence-corrected chi connectivity index (χ2v) is 4.29. The van der Waals surface area contributed by atoms with Crippen LogP contribution in [0.3, 0.4) is 0 Å². The van der Waals surface area contributed by atoms with Crippen LogP contribution < -0.4 is 4.74 Å². The standard InChI is InChI=1S/C12H17NO3S/c1-10-9-11(5-6-12(10)13(14)15)16-7-3-2-4-8-17/h5-6,9,17H,2-4,7-8H2,1H3. The molecule has 0 aliphatic carbocycles. The SMILES string of the molecule is Cc1cc(OCCCCCS)ccc1[N+](=O)[O-]. The summed E-state index contributed by atoms with van der Waals surface area (Å²) < 4.78 is 5.52. The number of thiol groups is 1. The molecule has 1 aromatic rings. The number of nitrogens with zero attached hydrogens (tertiary/aromatic N) is 1. The van der Waals surface area contributed by atoms with Gasteiger partial charge >= 0.3 is 0 Å². The van der Waals surface area contributed by atoms with E-state index in [1.807, 2.05) is 0 Å². The van der Waals surface area contributed by atoms with Crippen molar-refractivity contribution in [1.29, 1.82) is 0 Å². The van der Waals surface area contributed by atoms with Crippen molar-refractivity contribution in [2.45, 2.75) is 26.2 Å². The van der Waals surface area contributed by atoms with Crippen LogP contribution in [0.5, 0.6) is 5.75 Å². The number of unbranched alkanes of at least 4 members (excludes halogenated alkanes) is 2. The van der Waals surface area contributed by atoms with Gasteiger partial charge in [-0.3, -0.25) is 10.1 Å². The summed E-state index contributed by atoms with van der Waals surface area (Å²) in [5.41, 5.74) is 0.760. The van der Waals surface area contributed by atoms with E-state index < -0.39 is 0 Å². The van der Waals surface area contributed by atoms with Gasteiger partial charge in [-0.25, -0.2) is 0 Å². The molecule has 0 heterocycles. The highest BCUT2D eigenvalue weighted by Crippen LogP contribution is 2.23. The normalized spacial score (nSPS) is 10.2. The molecular formula is C12H17NO3S. The van der Waals surface area contributed by atoms with Crippen molar-refractivity contribution in [2.24, 2.45) is 0 Å². The van der Waals surface area contributed by atoms with Gasteiger partial charge in [0.05, 0.1) is 11.5 Å². The van der Waals surface area contributed by atoms with Gasteiger partial charge in [0, 0.05) is 11.6 Å². The van der Waals surface area contributed by atoms with Crippen LogP contribution in [-0.2, 0) is 0 Å². The lowest BCUT2D eigenvalue weighted by Crippen LogP contribution is -1.99. The Morgan fingerprint density at radius 2 is 2.12 bits per heavy atom. The lowest BCUT2D eigenvalue weighted by molar-refractivity contribution is -0.385. The predicted octanol–water partition coefficient (Wildman–Crippen LogP) is 3.38. The number of hydrogen-bond acceptors (Lipinski definition) is 4. The molecule has 0 atom stereocenters. The van der Waals surface area contributed by atoms with Crippen LogP contribution in [-0.4, -0.2) is 17.3 Å². The van der Waals surface area contributed by atoms with E-state index in [1.165, 1.54) is 6.07 Å². The van der Waals surface area contributed by atoms with Gasteiger partial charge < -0.3 is 4.74 Å². The Labute approximate surface area is 107 Å². The third-order valence-corrected chi connectivity index (χ3v) is 2.75. The lowest BCUT2D eigenvalue weighted by atomic mass is 10.2. The van der Waals surface area contributed by atoms with Gasteiger partial charge in [-0.15, -0.1) is 0 Å². The van der Waals surface area contributed by atoms with Crippen molar-refractivity contribution >= 4 is 18.3 Å². The fourth-order valence-electron chi connectivity index (χ4n) is 1.50. The van der Waals surface area contributed by atoms with Crippen LogP contribution in [0.2, 0.25) is 0 Å². The molecule has 0 amide bonds. The molecule has 1 aromatic carbocycles. The highest BCUT2D eigenvalue weighted by Gasteiger charge is 2.10. The van der Waals surface area contributed by atoms with Gasteiger partial charge in [-0.2, -0.15) is 12.6 Å². The molecule has 0 fully saturated rings. The highest BCUT2D eigenvalue weighted by molar-refractivity contribution is 7.80. The first kappa shape index (κ1) is 13.8. The largest absolute Gasteiger partial charge is 0.494 e. The molecule has 0 saturated heterocycles. The Kier molecular flexibility index (Phi) is 5.83. The van der Waals surface area contributed by atoms with Gasteiger partial charge in [-0.05, 0) is 44.1 Å². The molecule has 0 saturated carbocycles. The van der Waals surface area contributed by atoms with Gasteiger partial charge in [0.25, 0.3) is 5.69 Å². The molecule has 0 unspecified atom stereocenters. The maximum Gasteiger partial charge on any atom is 0.272 e. The second kappa shape index (κ2) is 7.17. The number of rotatable bonds is 7. The number of nitro groups is 1. The molecule has 0 aliphatic rings. The molecule has 1 rings (SSSR count). The summed E-state index contributed by atoms with van der Waals surface area (Å²) in [5.74, 6) is 1.59. The number of benzene rings is 1. The molecule has 17 heavy (non-hydrogen) atoms. The molecule has 5 heteroatoms. The number of ether oxygens (including phenoxy) is 1. The maximum atomic E-state index is 10.6. The lowest BCUT2D eigenvalue weighted by Gasteiger charge is -2.06. The fraction of sp³-hybridized carbons (Fsp3) is 0.500. The number of aryl methyl sites for hydroxylation is 1. The van der Waals surface area contributed by atoms with Crippen LogP contribution in [0, 0.1) is 17.0 Å². The van der Waals surface area contributed by atoms with Crippen LogP contribution in [0.4, 0.5) is 5.69 Å². The van der Waals surface area contributed by atoms with E-state index in [-0.39, 0.29) is 10.6 Å². The summed E-state index contributed by atoms with van der Waals surface area (Å²) in [5, 5.41) is 10.6. The molecule has 0 bridgehead atoms. The Balaban J connectivity index is 2.45. The summed E-state index contributed by atoms with van der Waals surface area (Å²) in [6.07, 6.45) is 3.16. The van der Waals surface area contributed by atoms with E-state index in [2.05, 4.69) is 12.6 Å². The first-order valence-electron chi connectivity index (χ1n) is 5.64. The molecule has 4 nitrogen and oxygen atoms in total. The van der Waals surface area contributed by atoms with E-state index >= 15 is 0 Å². The van der Waals surface area contributed by atoms with Crippen LogP contribution in [0.15, 0.2) is 18.2 Å². The summed E-state index contributed by atoms with van der Waals surface area (Å²) in [6, 6.07) is 4.83. The molecule has 0 spiro atoms. The van der Waals surface area contributed by atoms with Crippen molar-refractivity contribution in [1.82, 2.24) is 0 Å². The Morgan fingerprint density at radius 3 is 2.71 bits per heavy atom. The van der Waals surface area contributed by atoms with E-state index in [0.29, 0.717) is 17.9 Å². The van der Waals surface area contributed by atoms with Gasteiger partial charge in [0.15, 0.2) is 0 Å². The highest BCUT2D eigenvalue weighted by atomic mass is 32.1. The van der Waals surface area contributed by atoms with Crippen molar-refractivity contribution in [2.75, 3.05) is 12.4 Å². The predicted molar refractivity (Wildman–Crippen MR) is 71.0 cm³/mol. The van der Waals surface area contributed by atoms with Gasteiger partial charge in [-0.1, -0.05) is 0 Å². The molecule has 0 N–H and O–H groups in total. The summed E-state index contributed by atoms with van der Waals surface area (Å²) in [4.78, 5) is 10.2. The first-order chi connectivity index (χ1) is 8.15. The minimum absolute atomic E-state index is 0.132. The smallest absolute Gasteiger partial charge is 0.272 e. The average Bonchev–Trinajstić information content (AvgIpc) is 2.28. The monoisotopic (exact) mass is 255 g/mol. The quantitative estimate of drug-likeness (QED) is 0.352. The number of nitro benzene ring substituents is 1. The van der Waals surface area contributed by atoms with Crippen LogP contribution in [0.25, 0.3) is 0 Å². The van der Waals surface area contributed by atoms with E-state index in [9.17, 15) is 10.1 Å². The summed E-state index contributed by atoms with van der Waals surface area (Å²) in [7, 11) is 0. The van der Waals surface area contributed by atoms with E-state index in [1.54, 1.807) is 19.1 Å². The fourth-order valence-corrected chi connectivity index (χ4v) is 1.73. The number of hydrogen-bond donors (Lipinski definition) is 1. The third kappa shape index (κ3) is 4.65. The summed E-state index contributed by atoms with van der Waals surface area (Å²) in [6.45, 7) is 2.36. The van der Waals surface area contributed by atoms with Crippen molar-refractivity contribution in [3.63, 3.8) is 0 Å². The topological polar surface area (TPSA) is 52.4 Å². The molecule has 0 aromatic heterocycles. The minimum Gasteiger partial charge on any atom is -0.494 e. The first-order valence-corrected chi connectivity index (χ1v) is 6.27. The maximum absolute atomic E-state index is 10.6. The van der Waals surface area contributed by atoms with E-state index in [4.69, 9.17) is 4.74 Å². The zero-order valence-corrected chi connectivity index (χ0v) is 10.8. The third-order valence-electron chi connectivity index (χ3n) is 2.44. The minimum atomic E-state index is -0.383. The molecule has 0 aliphatic heterocycles. The zero-order chi connectivity index (χ0) is 12.7. The summed E-state index contributed by atoms with van der Waals surface area (Å²) >= 11 is 4.13. The van der Waals surface area contributed by atoms with Crippen molar-refractivity contribution < 1.29 is 9.66 Å². The van der Waals surface area contributed by atoms with Gasteiger partial charge in [0.2, 0.25) is 0 Å². The Hall–Kier alpha value is -1.23. The Morgan fingerprint density at radius 1 is 1.35 bits per heavy atom. The van der Waals surface area contributed by atoms with E-state index in [0.717, 1.165) is 25.0 Å². The molecule has 0 radical (unpaired) electrons. The van der Waals surface area contributed by atoms with Crippen molar-refractivity contribution in [3.8, 4) is 5.75 Å². The molecular weight excluding hydrogens is 238 g/mol. The second-order valence-electron chi connectivity index (χ2n) is 3.84. The van der Waals surface area contributed by atoms with Gasteiger partial charge in [0.1, 0.15) is 5.75 Å². The Bertz CT molecular complexity index is 382. The average molecular weight is 255 g/mol. The van der Waals surface area contributed by atoms with Crippen molar-refractivity contribution in [3.05, 3.63) is 33.9 Å². The van der Waals surface area contributed by atoms with Crippen LogP contribution >= 0.6 is 12.6 Å². The van der Waals surface area contributed by atoms with Crippen LogP contribution in [0.1, 0.15) is 24.8 Å². The molecule has 94 valence electrons. The zero-order valence-electron chi connectivity index (χ0n) is 9.89.